The van der Waals surface area contributed by atoms with Gasteiger partial charge in [-0.1, -0.05) is 0 Å². The van der Waals surface area contributed by atoms with Crippen molar-refractivity contribution < 1.29 is 4.74 Å². The highest BCUT2D eigenvalue weighted by molar-refractivity contribution is 5.42. The SMILES string of the molecule is COCc1[nH]n(-c2cccnn2)c(=O)c1N. The molecule has 2 aromatic rings. The van der Waals surface area contributed by atoms with Crippen LogP contribution in [0.1, 0.15) is 5.69 Å². The fourth-order valence-electron chi connectivity index (χ4n) is 1.32. The monoisotopic (exact) mass is 221 g/mol. The number of H-pyrrole nitrogens is 1. The van der Waals surface area contributed by atoms with Crippen LogP contribution in [0.4, 0.5) is 5.69 Å². The molecule has 2 rings (SSSR count). The van der Waals surface area contributed by atoms with Gasteiger partial charge in [-0.2, -0.15) is 9.78 Å². The highest BCUT2D eigenvalue weighted by atomic mass is 16.5. The van der Waals surface area contributed by atoms with E-state index in [2.05, 4.69) is 15.3 Å². The number of nitrogens with one attached hydrogen (secondary N) is 1. The molecule has 3 N–H and O–H groups in total. The lowest BCUT2D eigenvalue weighted by molar-refractivity contribution is 0.181. The molecule has 0 saturated carbocycles. The molecular weight excluding hydrogens is 210 g/mol. The van der Waals surface area contributed by atoms with Gasteiger partial charge in [-0.3, -0.25) is 9.89 Å². The highest BCUT2D eigenvalue weighted by Gasteiger charge is 2.12. The molecule has 0 radical (unpaired) electrons. The average Bonchev–Trinajstić information content (AvgIpc) is 2.59. The van der Waals surface area contributed by atoms with Crippen LogP contribution in [0.15, 0.2) is 23.1 Å². The van der Waals surface area contributed by atoms with Crippen molar-refractivity contribution in [2.24, 2.45) is 0 Å². The molecule has 0 aliphatic heterocycles. The molecule has 0 unspecified atom stereocenters. The molecule has 7 nitrogen and oxygen atoms in total. The lowest BCUT2D eigenvalue weighted by atomic mass is 10.4. The van der Waals surface area contributed by atoms with Gasteiger partial charge in [0.15, 0.2) is 5.82 Å². The first-order valence-corrected chi connectivity index (χ1v) is 4.60. The van der Waals surface area contributed by atoms with Crippen molar-refractivity contribution in [1.82, 2.24) is 20.0 Å². The Bertz CT molecular complexity index is 531. The number of aromatic nitrogens is 4. The number of anilines is 1. The van der Waals surface area contributed by atoms with E-state index in [1.807, 2.05) is 0 Å². The second-order valence-corrected chi connectivity index (χ2v) is 3.16. The number of ether oxygens (including phenoxy) is 1. The minimum atomic E-state index is -0.354. The summed E-state index contributed by atoms with van der Waals surface area (Å²) in [5, 5.41) is 10.3. The van der Waals surface area contributed by atoms with Gasteiger partial charge in [0, 0.05) is 13.3 Å². The molecule has 0 bridgehead atoms. The van der Waals surface area contributed by atoms with Crippen molar-refractivity contribution in [2.45, 2.75) is 6.61 Å². The number of rotatable bonds is 3. The van der Waals surface area contributed by atoms with Crippen molar-refractivity contribution in [3.05, 3.63) is 34.4 Å². The predicted molar refractivity (Wildman–Crippen MR) is 57.1 cm³/mol. The molecule has 0 spiro atoms. The van der Waals surface area contributed by atoms with E-state index in [1.165, 1.54) is 18.0 Å². The molecule has 0 aliphatic carbocycles. The minimum Gasteiger partial charge on any atom is -0.393 e. The van der Waals surface area contributed by atoms with Gasteiger partial charge in [0.25, 0.3) is 5.56 Å². The van der Waals surface area contributed by atoms with Gasteiger partial charge in [0.2, 0.25) is 0 Å². The zero-order valence-corrected chi connectivity index (χ0v) is 8.67. The van der Waals surface area contributed by atoms with E-state index in [9.17, 15) is 4.79 Å². The Morgan fingerprint density at radius 2 is 2.44 bits per heavy atom. The summed E-state index contributed by atoms with van der Waals surface area (Å²) in [5.41, 5.74) is 5.94. The van der Waals surface area contributed by atoms with E-state index in [4.69, 9.17) is 10.5 Å². The number of nitrogen functional groups attached to an aromatic ring is 1. The van der Waals surface area contributed by atoms with E-state index < -0.39 is 0 Å². The first kappa shape index (κ1) is 10.4. The summed E-state index contributed by atoms with van der Waals surface area (Å²) in [6.45, 7) is 0.244. The zero-order valence-electron chi connectivity index (χ0n) is 8.67. The molecule has 0 aromatic carbocycles. The Labute approximate surface area is 90.8 Å². The molecule has 16 heavy (non-hydrogen) atoms. The Morgan fingerprint density at radius 1 is 1.62 bits per heavy atom. The van der Waals surface area contributed by atoms with Gasteiger partial charge in [-0.25, -0.2) is 0 Å². The lowest BCUT2D eigenvalue weighted by Gasteiger charge is -1.98. The van der Waals surface area contributed by atoms with Crippen molar-refractivity contribution in [1.29, 1.82) is 0 Å². The maximum Gasteiger partial charge on any atom is 0.296 e. The normalized spacial score (nSPS) is 10.6. The van der Waals surface area contributed by atoms with Crippen LogP contribution in [0.2, 0.25) is 0 Å². The fourth-order valence-corrected chi connectivity index (χ4v) is 1.32. The summed E-state index contributed by atoms with van der Waals surface area (Å²) in [6, 6.07) is 3.34. The molecule has 84 valence electrons. The number of hydrogen-bond acceptors (Lipinski definition) is 5. The van der Waals surface area contributed by atoms with Crippen LogP contribution in [0.3, 0.4) is 0 Å². The Kier molecular flexibility index (Phi) is 2.69. The molecule has 0 fully saturated rings. The summed E-state index contributed by atoms with van der Waals surface area (Å²) < 4.78 is 6.15. The first-order chi connectivity index (χ1) is 7.74. The van der Waals surface area contributed by atoms with Crippen LogP contribution >= 0.6 is 0 Å². The summed E-state index contributed by atoms with van der Waals surface area (Å²) in [4.78, 5) is 11.7. The predicted octanol–water partition coefficient (Wildman–Crippen LogP) is -0.316. The summed E-state index contributed by atoms with van der Waals surface area (Å²) in [5.74, 6) is 0.390. The fraction of sp³-hybridized carbons (Fsp3) is 0.222. The van der Waals surface area contributed by atoms with Crippen molar-refractivity contribution in [3.8, 4) is 5.82 Å². The van der Waals surface area contributed by atoms with E-state index in [0.717, 1.165) is 0 Å². The van der Waals surface area contributed by atoms with Gasteiger partial charge in [0.05, 0.1) is 12.3 Å². The van der Waals surface area contributed by atoms with E-state index in [1.54, 1.807) is 12.1 Å². The van der Waals surface area contributed by atoms with Crippen molar-refractivity contribution in [2.75, 3.05) is 12.8 Å². The molecule has 0 aliphatic rings. The third-order valence-corrected chi connectivity index (χ3v) is 2.08. The summed E-state index contributed by atoms with van der Waals surface area (Å²) >= 11 is 0. The van der Waals surface area contributed by atoms with Gasteiger partial charge < -0.3 is 10.5 Å². The van der Waals surface area contributed by atoms with Crippen LogP contribution in [0.5, 0.6) is 0 Å². The van der Waals surface area contributed by atoms with E-state index in [0.29, 0.717) is 11.5 Å². The highest BCUT2D eigenvalue weighted by Crippen LogP contribution is 2.06. The topological polar surface area (TPSA) is 98.8 Å². The van der Waals surface area contributed by atoms with E-state index >= 15 is 0 Å². The summed E-state index contributed by atoms with van der Waals surface area (Å²) in [7, 11) is 1.53. The lowest BCUT2D eigenvalue weighted by Crippen LogP contribution is -2.17. The van der Waals surface area contributed by atoms with Crippen LogP contribution in [-0.2, 0) is 11.3 Å². The Hall–Kier alpha value is -2.15. The quantitative estimate of drug-likeness (QED) is 0.740. The third-order valence-electron chi connectivity index (χ3n) is 2.08. The van der Waals surface area contributed by atoms with Crippen LogP contribution in [-0.4, -0.2) is 27.1 Å². The van der Waals surface area contributed by atoms with Crippen LogP contribution < -0.4 is 11.3 Å². The molecule has 2 aromatic heterocycles. The maximum absolute atomic E-state index is 11.7. The third kappa shape index (κ3) is 1.68. The van der Waals surface area contributed by atoms with E-state index in [-0.39, 0.29) is 17.9 Å². The Balaban J connectivity index is 2.51. The smallest absolute Gasteiger partial charge is 0.296 e. The molecule has 0 atom stereocenters. The molecular formula is C9H11N5O2. The number of nitrogens with zero attached hydrogens (tertiary/aromatic N) is 3. The van der Waals surface area contributed by atoms with Crippen molar-refractivity contribution in [3.63, 3.8) is 0 Å². The second kappa shape index (κ2) is 4.15. The van der Waals surface area contributed by atoms with Crippen LogP contribution in [0.25, 0.3) is 5.82 Å². The van der Waals surface area contributed by atoms with Gasteiger partial charge in [-0.15, -0.1) is 5.10 Å². The average molecular weight is 221 g/mol. The largest absolute Gasteiger partial charge is 0.393 e. The molecule has 0 saturated heterocycles. The minimum absolute atomic E-state index is 0.132. The zero-order chi connectivity index (χ0) is 11.5. The maximum atomic E-state index is 11.7. The standard InChI is InChI=1S/C9H11N5O2/c1-16-5-6-8(10)9(15)14(13-6)7-3-2-4-11-12-7/h2-4,13H,5,10H2,1H3. The molecule has 2 heterocycles. The van der Waals surface area contributed by atoms with Gasteiger partial charge in [-0.05, 0) is 12.1 Å². The van der Waals surface area contributed by atoms with Crippen molar-refractivity contribution >= 4 is 5.69 Å². The second-order valence-electron chi connectivity index (χ2n) is 3.16. The number of nitrogens with two attached hydrogens (primary N) is 1. The first-order valence-electron chi connectivity index (χ1n) is 4.60. The molecule has 7 heteroatoms. The number of methoxy groups -OCH3 is 1. The van der Waals surface area contributed by atoms with Crippen LogP contribution in [0, 0.1) is 0 Å². The summed E-state index contributed by atoms with van der Waals surface area (Å²) in [6.07, 6.45) is 1.52. The Morgan fingerprint density at radius 3 is 3.06 bits per heavy atom. The number of aromatic amines is 1. The molecule has 0 amide bonds. The van der Waals surface area contributed by atoms with Gasteiger partial charge >= 0.3 is 0 Å². The number of hydrogen-bond donors (Lipinski definition) is 2. The van der Waals surface area contributed by atoms with Gasteiger partial charge in [0.1, 0.15) is 5.69 Å².